The van der Waals surface area contributed by atoms with E-state index in [2.05, 4.69) is 24.0 Å². The highest BCUT2D eigenvalue weighted by molar-refractivity contribution is 7.11. The normalized spacial score (nSPS) is 11.5. The van der Waals surface area contributed by atoms with E-state index in [1.54, 1.807) is 34.6 Å². The first-order chi connectivity index (χ1) is 10.5. The topological polar surface area (TPSA) is 61.9 Å². The van der Waals surface area contributed by atoms with E-state index in [0.717, 1.165) is 26.8 Å². The first kappa shape index (κ1) is 14.8. The lowest BCUT2D eigenvalue weighted by Gasteiger charge is -2.04. The molecule has 6 nitrogen and oxygen atoms in total. The van der Waals surface area contributed by atoms with Crippen molar-refractivity contribution in [3.8, 4) is 5.75 Å². The average Bonchev–Trinajstić information content (AvgIpc) is 3.06. The van der Waals surface area contributed by atoms with Crippen LogP contribution in [0.15, 0.2) is 23.0 Å². The number of nitrogens with zero attached hydrogens (tertiary/aromatic N) is 4. The Morgan fingerprint density at radius 3 is 2.59 bits per heavy atom. The number of hydrogen-bond acceptors (Lipinski definition) is 5. The highest BCUT2D eigenvalue weighted by atomic mass is 32.1. The predicted molar refractivity (Wildman–Crippen MR) is 86.5 cm³/mol. The number of fused-ring (bicyclic) bond motifs is 1. The molecule has 0 spiro atoms. The van der Waals surface area contributed by atoms with Crippen LogP contribution in [0.5, 0.6) is 5.75 Å². The van der Waals surface area contributed by atoms with Gasteiger partial charge >= 0.3 is 5.69 Å². The minimum absolute atomic E-state index is 0.0437. The van der Waals surface area contributed by atoms with E-state index in [0.29, 0.717) is 12.5 Å². The summed E-state index contributed by atoms with van der Waals surface area (Å²) >= 11 is 1.57. The smallest absolute Gasteiger partial charge is 0.328 e. The summed E-state index contributed by atoms with van der Waals surface area (Å²) in [6.07, 6.45) is 0. The van der Waals surface area contributed by atoms with Crippen LogP contribution in [0.4, 0.5) is 0 Å². The van der Waals surface area contributed by atoms with E-state index >= 15 is 0 Å². The molecule has 0 saturated heterocycles. The summed E-state index contributed by atoms with van der Waals surface area (Å²) in [6, 6.07) is 5.64. The van der Waals surface area contributed by atoms with Crippen molar-refractivity contribution in [2.45, 2.75) is 26.4 Å². The minimum atomic E-state index is -0.0437. The highest BCUT2D eigenvalue weighted by Gasteiger charge is 2.10. The summed E-state index contributed by atoms with van der Waals surface area (Å²) < 4.78 is 9.02. The van der Waals surface area contributed by atoms with Crippen LogP contribution in [-0.2, 0) is 20.7 Å². The molecule has 3 aromatic rings. The lowest BCUT2D eigenvalue weighted by molar-refractivity contribution is 0.305. The summed E-state index contributed by atoms with van der Waals surface area (Å²) in [5.41, 5.74) is 1.70. The van der Waals surface area contributed by atoms with Crippen LogP contribution in [-0.4, -0.2) is 19.3 Å². The van der Waals surface area contributed by atoms with Gasteiger partial charge in [-0.05, 0) is 12.1 Å². The number of hydrogen-bond donors (Lipinski definition) is 0. The molecular formula is C15H18N4O2S. The quantitative estimate of drug-likeness (QED) is 0.741. The summed E-state index contributed by atoms with van der Waals surface area (Å²) in [5.74, 6) is 1.09. The third-order valence-corrected chi connectivity index (χ3v) is 4.78. The summed E-state index contributed by atoms with van der Waals surface area (Å²) in [6.45, 7) is 4.57. The second-order valence-electron chi connectivity index (χ2n) is 5.53. The molecule has 0 bridgehead atoms. The number of aromatic nitrogens is 4. The Labute approximate surface area is 132 Å². The van der Waals surface area contributed by atoms with Gasteiger partial charge in [0.25, 0.3) is 0 Å². The molecule has 2 aromatic heterocycles. The van der Waals surface area contributed by atoms with Gasteiger partial charge in [-0.2, -0.15) is 0 Å². The van der Waals surface area contributed by atoms with Gasteiger partial charge in [0.1, 0.15) is 17.4 Å². The molecule has 22 heavy (non-hydrogen) atoms. The van der Waals surface area contributed by atoms with Gasteiger partial charge in [-0.1, -0.05) is 25.2 Å². The first-order valence-corrected chi connectivity index (χ1v) is 7.89. The van der Waals surface area contributed by atoms with Crippen molar-refractivity contribution in [2.75, 3.05) is 0 Å². The second kappa shape index (κ2) is 5.57. The van der Waals surface area contributed by atoms with Crippen LogP contribution in [0, 0.1) is 0 Å². The largest absolute Gasteiger partial charge is 0.486 e. The zero-order valence-corrected chi connectivity index (χ0v) is 13.8. The third kappa shape index (κ3) is 2.52. The molecule has 0 atom stereocenters. The maximum absolute atomic E-state index is 11.9. The lowest BCUT2D eigenvalue weighted by atomic mass is 10.2. The molecule has 1 aromatic carbocycles. The zero-order chi connectivity index (χ0) is 15.9. The monoisotopic (exact) mass is 318 g/mol. The van der Waals surface area contributed by atoms with Crippen molar-refractivity contribution in [1.29, 1.82) is 0 Å². The molecule has 0 N–H and O–H groups in total. The molecule has 0 unspecified atom stereocenters. The second-order valence-corrected chi connectivity index (χ2v) is 6.62. The Kier molecular flexibility index (Phi) is 3.74. The van der Waals surface area contributed by atoms with Crippen LogP contribution >= 0.6 is 11.3 Å². The van der Waals surface area contributed by atoms with Gasteiger partial charge in [0.05, 0.1) is 11.0 Å². The Morgan fingerprint density at radius 1 is 1.18 bits per heavy atom. The van der Waals surface area contributed by atoms with E-state index < -0.39 is 0 Å². The highest BCUT2D eigenvalue weighted by Crippen LogP contribution is 2.23. The van der Waals surface area contributed by atoms with Crippen molar-refractivity contribution in [3.63, 3.8) is 0 Å². The molecule has 0 aliphatic rings. The van der Waals surface area contributed by atoms with Crippen molar-refractivity contribution in [2.24, 2.45) is 14.1 Å². The molecule has 2 heterocycles. The molecule has 0 aliphatic heterocycles. The molecule has 0 radical (unpaired) electrons. The number of ether oxygens (including phenoxy) is 1. The fraction of sp³-hybridized carbons (Fsp3) is 0.400. The Balaban J connectivity index is 1.82. The molecule has 116 valence electrons. The van der Waals surface area contributed by atoms with Gasteiger partial charge in [0.2, 0.25) is 0 Å². The number of benzene rings is 1. The third-order valence-electron chi connectivity index (χ3n) is 3.58. The molecule has 0 amide bonds. The van der Waals surface area contributed by atoms with Crippen LogP contribution in [0.25, 0.3) is 11.0 Å². The molecule has 3 rings (SSSR count). The van der Waals surface area contributed by atoms with Crippen molar-refractivity contribution >= 4 is 22.4 Å². The van der Waals surface area contributed by atoms with Crippen molar-refractivity contribution in [3.05, 3.63) is 38.7 Å². The van der Waals surface area contributed by atoms with Gasteiger partial charge in [-0.15, -0.1) is 10.2 Å². The van der Waals surface area contributed by atoms with Crippen LogP contribution in [0.2, 0.25) is 0 Å². The van der Waals surface area contributed by atoms with E-state index in [4.69, 9.17) is 4.74 Å². The van der Waals surface area contributed by atoms with Gasteiger partial charge in [-0.25, -0.2) is 4.79 Å². The lowest BCUT2D eigenvalue weighted by Crippen LogP contribution is -2.19. The maximum Gasteiger partial charge on any atom is 0.328 e. The first-order valence-electron chi connectivity index (χ1n) is 7.08. The Hall–Kier alpha value is -2.15. The zero-order valence-electron chi connectivity index (χ0n) is 13.0. The van der Waals surface area contributed by atoms with Gasteiger partial charge < -0.3 is 4.74 Å². The van der Waals surface area contributed by atoms with Crippen molar-refractivity contribution in [1.82, 2.24) is 19.3 Å². The van der Waals surface area contributed by atoms with Gasteiger partial charge in [0.15, 0.2) is 5.01 Å². The van der Waals surface area contributed by atoms with Crippen LogP contribution in [0.3, 0.4) is 0 Å². The summed E-state index contributed by atoms with van der Waals surface area (Å²) in [5, 5.41) is 10.1. The molecule has 0 aliphatic carbocycles. The Bertz CT molecular complexity index is 875. The number of imidazole rings is 1. The summed E-state index contributed by atoms with van der Waals surface area (Å²) in [7, 11) is 3.52. The fourth-order valence-electron chi connectivity index (χ4n) is 2.28. The molecular weight excluding hydrogens is 300 g/mol. The molecule has 7 heteroatoms. The molecule has 0 fully saturated rings. The van der Waals surface area contributed by atoms with E-state index in [1.807, 2.05) is 18.2 Å². The number of aryl methyl sites for hydroxylation is 2. The average molecular weight is 318 g/mol. The predicted octanol–water partition coefficient (Wildman–Crippen LogP) is 2.43. The van der Waals surface area contributed by atoms with Crippen molar-refractivity contribution < 1.29 is 4.74 Å². The van der Waals surface area contributed by atoms with E-state index in [-0.39, 0.29) is 5.69 Å². The van der Waals surface area contributed by atoms with Crippen LogP contribution in [0.1, 0.15) is 29.8 Å². The fourth-order valence-corrected chi connectivity index (χ4v) is 3.04. The molecule has 0 saturated carbocycles. The Morgan fingerprint density at radius 2 is 1.91 bits per heavy atom. The number of rotatable bonds is 4. The van der Waals surface area contributed by atoms with E-state index in [9.17, 15) is 4.79 Å². The summed E-state index contributed by atoms with van der Waals surface area (Å²) in [4.78, 5) is 11.9. The van der Waals surface area contributed by atoms with E-state index in [1.165, 1.54) is 0 Å². The standard InChI is InChI=1S/C15H18N4O2S/c1-9(2)14-17-16-13(22-14)8-21-10-5-6-11-12(7-10)19(4)15(20)18(11)3/h5-7,9H,8H2,1-4H3. The van der Waals surface area contributed by atoms with Crippen LogP contribution < -0.4 is 10.4 Å². The van der Waals surface area contributed by atoms with Gasteiger partial charge in [-0.3, -0.25) is 9.13 Å². The maximum atomic E-state index is 11.9. The van der Waals surface area contributed by atoms with Gasteiger partial charge in [0, 0.05) is 26.1 Å². The SMILES string of the molecule is CC(C)c1nnc(COc2ccc3c(c2)n(C)c(=O)n3C)s1. The minimum Gasteiger partial charge on any atom is -0.486 e.